The van der Waals surface area contributed by atoms with Gasteiger partial charge in [-0.1, -0.05) is 113 Å². The highest BCUT2D eigenvalue weighted by Crippen LogP contribution is 2.18. The third-order valence-electron chi connectivity index (χ3n) is 7.47. The molecule has 3 amide bonds. The minimum absolute atomic E-state index is 0.0630. The fourth-order valence-electron chi connectivity index (χ4n) is 4.57. The van der Waals surface area contributed by atoms with Crippen LogP contribution in [0.1, 0.15) is 53.3 Å². The Kier molecular flexibility index (Phi) is 13.7. The number of carbonyl (C=O) groups is 3. The van der Waals surface area contributed by atoms with Crippen LogP contribution >= 0.6 is 11.6 Å². The second-order valence-electron chi connectivity index (χ2n) is 11.6. The number of aryl methyl sites for hydroxylation is 4. The van der Waals surface area contributed by atoms with Gasteiger partial charge in [0.1, 0.15) is 0 Å². The summed E-state index contributed by atoms with van der Waals surface area (Å²) in [5.41, 5.74) is 8.77. The van der Waals surface area contributed by atoms with E-state index >= 15 is 0 Å². The molecular weight excluding hydrogens is 642 g/mol. The second-order valence-corrected chi connectivity index (χ2v) is 12.0. The number of benzene rings is 6. The van der Waals surface area contributed by atoms with Crippen molar-refractivity contribution in [2.45, 2.75) is 27.7 Å². The van der Waals surface area contributed by atoms with Gasteiger partial charge >= 0.3 is 0 Å². The Balaban J connectivity index is 0.000000169. The molecule has 50 heavy (non-hydrogen) atoms. The van der Waals surface area contributed by atoms with Gasteiger partial charge in [-0.25, -0.2) is 0 Å². The van der Waals surface area contributed by atoms with Crippen LogP contribution in [0.3, 0.4) is 0 Å². The lowest BCUT2D eigenvalue weighted by atomic mass is 10.1. The first-order chi connectivity index (χ1) is 24.1. The van der Waals surface area contributed by atoms with E-state index in [4.69, 9.17) is 11.6 Å². The number of hydrogen-bond donors (Lipinski definition) is 3. The summed E-state index contributed by atoms with van der Waals surface area (Å²) in [7, 11) is 0. The summed E-state index contributed by atoms with van der Waals surface area (Å²) in [5, 5.41) is 8.99. The molecule has 6 rings (SSSR count). The van der Waals surface area contributed by atoms with Crippen LogP contribution in [0.4, 0.5) is 17.1 Å². The monoisotopic (exact) mass is 681 g/mol. The molecule has 0 aliphatic carbocycles. The summed E-state index contributed by atoms with van der Waals surface area (Å²) in [6, 6.07) is 46.9. The minimum Gasteiger partial charge on any atom is -0.322 e. The highest BCUT2D eigenvalue weighted by molar-refractivity contribution is 6.34. The number of nitrogens with one attached hydrogen (secondary N) is 3. The number of hydrogen-bond acceptors (Lipinski definition) is 3. The van der Waals surface area contributed by atoms with Crippen LogP contribution in [0.15, 0.2) is 152 Å². The van der Waals surface area contributed by atoms with Gasteiger partial charge in [-0.15, -0.1) is 0 Å². The molecule has 0 aliphatic heterocycles. The summed E-state index contributed by atoms with van der Waals surface area (Å²) < 4.78 is 0. The number of carbonyl (C=O) groups excluding carboxylic acids is 3. The molecule has 0 spiro atoms. The standard InChI is InChI=1S/C15H15NO.C14H12ClNO.C14H13NO/c1-11-7-9-13(10-8-11)16-15(17)14-6-4-3-5-12(14)2;1-10-6-8-11(9-7-10)16-14(17)12-4-2-3-5-13(12)15;1-11-7-9-13(10-8-11)15-14(16)12-5-3-2-4-6-12/h3-10H,1-2H3,(H,16,17);2-9H,1H3,(H,16,17);2-10H,1H3,(H,15,16). The highest BCUT2D eigenvalue weighted by atomic mass is 35.5. The van der Waals surface area contributed by atoms with Crippen LogP contribution in [0.2, 0.25) is 5.02 Å². The molecule has 0 bridgehead atoms. The smallest absolute Gasteiger partial charge is 0.257 e. The molecule has 3 N–H and O–H groups in total. The number of rotatable bonds is 6. The van der Waals surface area contributed by atoms with Gasteiger partial charge in [-0.2, -0.15) is 0 Å². The van der Waals surface area contributed by atoms with Crippen LogP contribution in [0, 0.1) is 27.7 Å². The molecule has 6 aromatic rings. The Hall–Kier alpha value is -5.98. The first kappa shape index (κ1) is 36.8. The molecule has 7 heteroatoms. The maximum Gasteiger partial charge on any atom is 0.257 e. The molecule has 0 aromatic heterocycles. The molecule has 252 valence electrons. The molecule has 0 fully saturated rings. The first-order valence-corrected chi connectivity index (χ1v) is 16.5. The van der Waals surface area contributed by atoms with Gasteiger partial charge in [0.15, 0.2) is 0 Å². The molecular formula is C43H40ClN3O3. The summed E-state index contributed by atoms with van der Waals surface area (Å²) in [6.07, 6.45) is 0. The van der Waals surface area contributed by atoms with Crippen molar-refractivity contribution in [3.05, 3.63) is 196 Å². The van der Waals surface area contributed by atoms with Crippen LogP contribution in [0.5, 0.6) is 0 Å². The van der Waals surface area contributed by atoms with Gasteiger partial charge in [-0.3, -0.25) is 14.4 Å². The SMILES string of the molecule is Cc1ccc(NC(=O)c2ccccc2)cc1.Cc1ccc(NC(=O)c2ccccc2C)cc1.Cc1ccc(NC(=O)c2ccccc2Cl)cc1. The van der Waals surface area contributed by atoms with Crippen LogP contribution < -0.4 is 16.0 Å². The van der Waals surface area contributed by atoms with Crippen molar-refractivity contribution in [2.24, 2.45) is 0 Å². The van der Waals surface area contributed by atoms with Gasteiger partial charge in [0.05, 0.1) is 10.6 Å². The van der Waals surface area contributed by atoms with Crippen molar-refractivity contribution in [1.82, 2.24) is 0 Å². The van der Waals surface area contributed by atoms with Crippen molar-refractivity contribution in [2.75, 3.05) is 16.0 Å². The lowest BCUT2D eigenvalue weighted by molar-refractivity contribution is 0.101. The van der Waals surface area contributed by atoms with E-state index in [1.165, 1.54) is 11.1 Å². The maximum absolute atomic E-state index is 12.0. The number of halogens is 1. The van der Waals surface area contributed by atoms with E-state index in [1.54, 1.807) is 36.4 Å². The van der Waals surface area contributed by atoms with E-state index in [0.29, 0.717) is 21.7 Å². The van der Waals surface area contributed by atoms with Gasteiger partial charge in [-0.05, 0) is 100.0 Å². The average molecular weight is 682 g/mol. The Labute approximate surface area is 299 Å². The third-order valence-corrected chi connectivity index (χ3v) is 7.80. The van der Waals surface area contributed by atoms with Gasteiger partial charge in [0, 0.05) is 28.2 Å². The molecule has 0 saturated heterocycles. The zero-order chi connectivity index (χ0) is 35.9. The zero-order valence-electron chi connectivity index (χ0n) is 28.5. The summed E-state index contributed by atoms with van der Waals surface area (Å²) >= 11 is 5.95. The van der Waals surface area contributed by atoms with Crippen molar-refractivity contribution in [3.8, 4) is 0 Å². The molecule has 0 heterocycles. The van der Waals surface area contributed by atoms with Crippen LogP contribution in [-0.2, 0) is 0 Å². The van der Waals surface area contributed by atoms with Gasteiger partial charge in [0.2, 0.25) is 0 Å². The fourth-order valence-corrected chi connectivity index (χ4v) is 4.79. The Morgan fingerprint density at radius 3 is 1.20 bits per heavy atom. The average Bonchev–Trinajstić information content (AvgIpc) is 3.12. The largest absolute Gasteiger partial charge is 0.322 e. The molecule has 0 aliphatic rings. The quantitative estimate of drug-likeness (QED) is 0.163. The summed E-state index contributed by atoms with van der Waals surface area (Å²) in [4.78, 5) is 35.7. The van der Waals surface area contributed by atoms with Crippen LogP contribution in [-0.4, -0.2) is 17.7 Å². The number of anilines is 3. The van der Waals surface area contributed by atoms with E-state index < -0.39 is 0 Å². The van der Waals surface area contributed by atoms with E-state index in [1.807, 2.05) is 143 Å². The van der Waals surface area contributed by atoms with E-state index in [-0.39, 0.29) is 17.7 Å². The zero-order valence-corrected chi connectivity index (χ0v) is 29.3. The lowest BCUT2D eigenvalue weighted by Crippen LogP contribution is -2.13. The van der Waals surface area contributed by atoms with E-state index in [2.05, 4.69) is 16.0 Å². The van der Waals surface area contributed by atoms with E-state index in [0.717, 1.165) is 28.2 Å². The third kappa shape index (κ3) is 11.6. The Bertz CT molecular complexity index is 1910. The molecule has 0 saturated carbocycles. The van der Waals surface area contributed by atoms with Crippen molar-refractivity contribution >= 4 is 46.4 Å². The van der Waals surface area contributed by atoms with Crippen molar-refractivity contribution in [3.63, 3.8) is 0 Å². The summed E-state index contributed by atoms with van der Waals surface area (Å²) in [6.45, 7) is 7.97. The van der Waals surface area contributed by atoms with Crippen molar-refractivity contribution < 1.29 is 14.4 Å². The van der Waals surface area contributed by atoms with Crippen molar-refractivity contribution in [1.29, 1.82) is 0 Å². The Morgan fingerprint density at radius 1 is 0.400 bits per heavy atom. The normalized spacial score (nSPS) is 9.94. The van der Waals surface area contributed by atoms with Gasteiger partial charge in [0.25, 0.3) is 17.7 Å². The highest BCUT2D eigenvalue weighted by Gasteiger charge is 2.10. The molecule has 6 aromatic carbocycles. The second kappa shape index (κ2) is 18.5. The Morgan fingerprint density at radius 2 is 0.760 bits per heavy atom. The van der Waals surface area contributed by atoms with Gasteiger partial charge < -0.3 is 16.0 Å². The number of amides is 3. The first-order valence-electron chi connectivity index (χ1n) is 16.1. The van der Waals surface area contributed by atoms with E-state index in [9.17, 15) is 14.4 Å². The fraction of sp³-hybridized carbons (Fsp3) is 0.0930. The minimum atomic E-state index is -0.195. The van der Waals surface area contributed by atoms with Crippen LogP contribution in [0.25, 0.3) is 0 Å². The predicted octanol–water partition coefficient (Wildman–Crippen LogP) is 10.7. The predicted molar refractivity (Wildman–Crippen MR) is 206 cm³/mol. The maximum atomic E-state index is 12.0. The molecule has 0 unspecified atom stereocenters. The molecule has 0 atom stereocenters. The topological polar surface area (TPSA) is 87.3 Å². The lowest BCUT2D eigenvalue weighted by Gasteiger charge is -2.07. The molecule has 6 nitrogen and oxygen atoms in total. The molecule has 0 radical (unpaired) electrons. The summed E-state index contributed by atoms with van der Waals surface area (Å²) in [5.74, 6) is -0.337.